The quantitative estimate of drug-likeness (QED) is 0.820. The van der Waals surface area contributed by atoms with Gasteiger partial charge in [-0.3, -0.25) is 0 Å². The Bertz CT molecular complexity index is 300. The van der Waals surface area contributed by atoms with Crippen LogP contribution in [0.1, 0.15) is 24.5 Å². The van der Waals surface area contributed by atoms with Gasteiger partial charge in [-0.2, -0.15) is 0 Å². The molecule has 0 aliphatic rings. The molecule has 0 saturated heterocycles. The normalized spacial score (nSPS) is 12.6. The molecule has 0 aliphatic heterocycles. The van der Waals surface area contributed by atoms with Gasteiger partial charge in [-0.15, -0.1) is 0 Å². The second kappa shape index (κ2) is 5.17. The van der Waals surface area contributed by atoms with Crippen molar-refractivity contribution in [3.63, 3.8) is 0 Å². The van der Waals surface area contributed by atoms with E-state index in [1.807, 2.05) is 0 Å². The zero-order chi connectivity index (χ0) is 11.4. The van der Waals surface area contributed by atoms with Gasteiger partial charge in [-0.25, -0.2) is 0 Å². The number of hydrogen-bond donors (Lipinski definition) is 1. The monoisotopic (exact) mass is 206 g/mol. The number of anilines is 1. The summed E-state index contributed by atoms with van der Waals surface area (Å²) >= 11 is 0. The summed E-state index contributed by atoms with van der Waals surface area (Å²) in [4.78, 5) is 2.23. The number of nitrogens with two attached hydrogens (primary N) is 1. The van der Waals surface area contributed by atoms with Crippen LogP contribution in [-0.4, -0.2) is 19.6 Å². The van der Waals surface area contributed by atoms with Gasteiger partial charge < -0.3 is 10.6 Å². The molecular weight excluding hydrogens is 184 g/mol. The standard InChI is InChI=1S/C13H22N2/c1-5-12(14)9-15(4)13-7-10(2)6-11(3)8-13/h6-8,12H,5,9,14H2,1-4H3. The van der Waals surface area contributed by atoms with Crippen molar-refractivity contribution in [3.8, 4) is 0 Å². The van der Waals surface area contributed by atoms with Gasteiger partial charge >= 0.3 is 0 Å². The third-order valence-corrected chi connectivity index (χ3v) is 2.68. The summed E-state index contributed by atoms with van der Waals surface area (Å²) in [6.07, 6.45) is 1.02. The first-order valence-electron chi connectivity index (χ1n) is 5.58. The minimum atomic E-state index is 0.260. The molecular formula is C13H22N2. The average molecular weight is 206 g/mol. The van der Waals surface area contributed by atoms with Crippen molar-refractivity contribution in [2.24, 2.45) is 5.73 Å². The van der Waals surface area contributed by atoms with Gasteiger partial charge in [-0.1, -0.05) is 13.0 Å². The highest BCUT2D eigenvalue weighted by molar-refractivity contribution is 5.50. The topological polar surface area (TPSA) is 29.3 Å². The van der Waals surface area contributed by atoms with Crippen molar-refractivity contribution in [1.82, 2.24) is 0 Å². The van der Waals surface area contributed by atoms with Gasteiger partial charge in [0.1, 0.15) is 0 Å². The fraction of sp³-hybridized carbons (Fsp3) is 0.538. The summed E-state index contributed by atoms with van der Waals surface area (Å²) in [5.41, 5.74) is 9.82. The molecule has 0 fully saturated rings. The molecule has 0 amide bonds. The van der Waals surface area contributed by atoms with E-state index in [-0.39, 0.29) is 6.04 Å². The summed E-state index contributed by atoms with van der Waals surface area (Å²) in [5, 5.41) is 0. The van der Waals surface area contributed by atoms with Crippen LogP contribution in [0.15, 0.2) is 18.2 Å². The summed E-state index contributed by atoms with van der Waals surface area (Å²) in [6.45, 7) is 7.30. The van der Waals surface area contributed by atoms with E-state index in [2.05, 4.69) is 50.9 Å². The molecule has 1 aromatic rings. The zero-order valence-corrected chi connectivity index (χ0v) is 10.2. The molecule has 2 nitrogen and oxygen atoms in total. The average Bonchev–Trinajstić information content (AvgIpc) is 2.16. The second-order valence-corrected chi connectivity index (χ2v) is 4.39. The molecule has 1 rings (SSSR count). The molecule has 0 radical (unpaired) electrons. The fourth-order valence-corrected chi connectivity index (χ4v) is 1.76. The lowest BCUT2D eigenvalue weighted by molar-refractivity contribution is 0.639. The van der Waals surface area contributed by atoms with Gasteiger partial charge in [0.15, 0.2) is 0 Å². The smallest absolute Gasteiger partial charge is 0.0369 e. The Labute approximate surface area is 93.1 Å². The maximum Gasteiger partial charge on any atom is 0.0369 e. The lowest BCUT2D eigenvalue weighted by Gasteiger charge is -2.23. The van der Waals surface area contributed by atoms with E-state index in [4.69, 9.17) is 5.73 Å². The van der Waals surface area contributed by atoms with Crippen LogP contribution in [0.4, 0.5) is 5.69 Å². The van der Waals surface area contributed by atoms with E-state index in [9.17, 15) is 0 Å². The Morgan fingerprint density at radius 2 is 1.73 bits per heavy atom. The van der Waals surface area contributed by atoms with Crippen molar-refractivity contribution < 1.29 is 0 Å². The molecule has 0 aromatic heterocycles. The van der Waals surface area contributed by atoms with Crippen molar-refractivity contribution in [1.29, 1.82) is 0 Å². The molecule has 2 N–H and O–H groups in total. The predicted octanol–water partition coefficient (Wildman–Crippen LogP) is 2.48. The van der Waals surface area contributed by atoms with Gasteiger partial charge in [-0.05, 0) is 43.5 Å². The van der Waals surface area contributed by atoms with Crippen LogP contribution in [0, 0.1) is 13.8 Å². The van der Waals surface area contributed by atoms with Crippen LogP contribution in [0.2, 0.25) is 0 Å². The lowest BCUT2D eigenvalue weighted by atomic mass is 10.1. The van der Waals surface area contributed by atoms with E-state index in [1.165, 1.54) is 16.8 Å². The first-order chi connectivity index (χ1) is 7.02. The molecule has 2 heteroatoms. The summed E-state index contributed by atoms with van der Waals surface area (Å²) < 4.78 is 0. The predicted molar refractivity (Wildman–Crippen MR) is 67.5 cm³/mol. The summed E-state index contributed by atoms with van der Waals surface area (Å²) in [7, 11) is 2.10. The van der Waals surface area contributed by atoms with E-state index in [0.717, 1.165) is 13.0 Å². The van der Waals surface area contributed by atoms with E-state index < -0.39 is 0 Å². The highest BCUT2D eigenvalue weighted by atomic mass is 15.1. The zero-order valence-electron chi connectivity index (χ0n) is 10.2. The third kappa shape index (κ3) is 3.56. The maximum absolute atomic E-state index is 5.95. The molecule has 1 atom stereocenters. The minimum absolute atomic E-state index is 0.260. The van der Waals surface area contributed by atoms with Crippen LogP contribution < -0.4 is 10.6 Å². The number of aryl methyl sites for hydroxylation is 2. The first-order valence-corrected chi connectivity index (χ1v) is 5.58. The van der Waals surface area contributed by atoms with E-state index in [0.29, 0.717) is 0 Å². The van der Waals surface area contributed by atoms with Gasteiger partial charge in [0.05, 0.1) is 0 Å². The number of benzene rings is 1. The molecule has 1 unspecified atom stereocenters. The minimum Gasteiger partial charge on any atom is -0.373 e. The summed E-state index contributed by atoms with van der Waals surface area (Å²) in [6, 6.07) is 6.86. The Kier molecular flexibility index (Phi) is 4.15. The van der Waals surface area contributed by atoms with Crippen LogP contribution >= 0.6 is 0 Å². The molecule has 0 heterocycles. The lowest BCUT2D eigenvalue weighted by Crippen LogP contribution is -2.34. The van der Waals surface area contributed by atoms with Crippen LogP contribution in [-0.2, 0) is 0 Å². The van der Waals surface area contributed by atoms with Gasteiger partial charge in [0.25, 0.3) is 0 Å². The molecule has 84 valence electrons. The molecule has 0 spiro atoms. The largest absolute Gasteiger partial charge is 0.373 e. The van der Waals surface area contributed by atoms with E-state index >= 15 is 0 Å². The first kappa shape index (κ1) is 12.1. The molecule has 0 saturated carbocycles. The third-order valence-electron chi connectivity index (χ3n) is 2.68. The molecule has 0 bridgehead atoms. The van der Waals surface area contributed by atoms with Crippen molar-refractivity contribution in [2.45, 2.75) is 33.2 Å². The van der Waals surface area contributed by atoms with Crippen molar-refractivity contribution in [3.05, 3.63) is 29.3 Å². The Hall–Kier alpha value is -1.02. The maximum atomic E-state index is 5.95. The summed E-state index contributed by atoms with van der Waals surface area (Å²) in [5.74, 6) is 0. The van der Waals surface area contributed by atoms with Crippen LogP contribution in [0.5, 0.6) is 0 Å². The van der Waals surface area contributed by atoms with E-state index in [1.54, 1.807) is 0 Å². The number of rotatable bonds is 4. The van der Waals surface area contributed by atoms with Crippen molar-refractivity contribution >= 4 is 5.69 Å². The second-order valence-electron chi connectivity index (χ2n) is 4.39. The highest BCUT2D eigenvalue weighted by Crippen LogP contribution is 2.17. The fourth-order valence-electron chi connectivity index (χ4n) is 1.76. The van der Waals surface area contributed by atoms with Crippen molar-refractivity contribution in [2.75, 3.05) is 18.5 Å². The molecule has 0 aliphatic carbocycles. The molecule has 1 aromatic carbocycles. The van der Waals surface area contributed by atoms with Crippen LogP contribution in [0.25, 0.3) is 0 Å². The Balaban J connectivity index is 2.77. The number of hydrogen-bond acceptors (Lipinski definition) is 2. The van der Waals surface area contributed by atoms with Gasteiger partial charge in [0.2, 0.25) is 0 Å². The number of nitrogens with zero attached hydrogens (tertiary/aromatic N) is 1. The SMILES string of the molecule is CCC(N)CN(C)c1cc(C)cc(C)c1. The molecule has 15 heavy (non-hydrogen) atoms. The van der Waals surface area contributed by atoms with Crippen LogP contribution in [0.3, 0.4) is 0 Å². The Morgan fingerprint density at radius 3 is 2.20 bits per heavy atom. The van der Waals surface area contributed by atoms with Gasteiger partial charge in [0, 0.05) is 25.3 Å². The highest BCUT2D eigenvalue weighted by Gasteiger charge is 2.06. The number of likely N-dealkylation sites (N-methyl/N-ethyl adjacent to an activating group) is 1. The Morgan fingerprint density at radius 1 is 1.20 bits per heavy atom.